The molecule has 0 bridgehead atoms. The summed E-state index contributed by atoms with van der Waals surface area (Å²) < 4.78 is 10.6. The van der Waals surface area contributed by atoms with Crippen LogP contribution in [0.5, 0.6) is 0 Å². The second-order valence-electron chi connectivity index (χ2n) is 12.5. The molecule has 3 fully saturated rings. The average Bonchev–Trinajstić information content (AvgIpc) is 3.29. The lowest BCUT2D eigenvalue weighted by molar-refractivity contribution is -0.136. The molecule has 0 spiro atoms. The minimum Gasteiger partial charge on any atom is -0.377 e. The van der Waals surface area contributed by atoms with Gasteiger partial charge in [-0.3, -0.25) is 24.2 Å². The van der Waals surface area contributed by atoms with Gasteiger partial charge in [0.2, 0.25) is 17.7 Å². The van der Waals surface area contributed by atoms with E-state index in [-0.39, 0.29) is 49.9 Å². The van der Waals surface area contributed by atoms with Crippen molar-refractivity contribution in [3.8, 4) is 0 Å². The molecule has 0 aromatic carbocycles. The molecule has 11 heteroatoms. The number of carbonyl (C=O) groups excluding carboxylic acids is 4. The second kappa shape index (κ2) is 19.7. The summed E-state index contributed by atoms with van der Waals surface area (Å²) in [6.07, 6.45) is 0.878. The van der Waals surface area contributed by atoms with Gasteiger partial charge in [-0.05, 0) is 53.0 Å². The van der Waals surface area contributed by atoms with E-state index in [9.17, 15) is 19.2 Å². The van der Waals surface area contributed by atoms with E-state index in [1.165, 1.54) is 9.80 Å². The van der Waals surface area contributed by atoms with E-state index in [2.05, 4.69) is 39.2 Å². The molecule has 3 aliphatic heterocycles. The Morgan fingerprint density at radius 1 is 0.884 bits per heavy atom. The number of urea groups is 1. The van der Waals surface area contributed by atoms with Crippen LogP contribution in [-0.4, -0.2) is 139 Å². The summed E-state index contributed by atoms with van der Waals surface area (Å²) in [6.45, 7) is 28.2. The van der Waals surface area contributed by atoms with Gasteiger partial charge in [0.1, 0.15) is 6.54 Å². The molecule has 0 radical (unpaired) electrons. The van der Waals surface area contributed by atoms with Gasteiger partial charge in [0.15, 0.2) is 0 Å². The zero-order valence-electron chi connectivity index (χ0n) is 27.9. The van der Waals surface area contributed by atoms with Crippen molar-refractivity contribution in [3.05, 3.63) is 12.2 Å². The maximum atomic E-state index is 11.5. The molecule has 250 valence electrons. The molecule has 0 aliphatic carbocycles. The zero-order chi connectivity index (χ0) is 32.1. The Hall–Kier alpha value is -2.50. The molecular weight excluding hydrogens is 550 g/mol. The van der Waals surface area contributed by atoms with Gasteiger partial charge < -0.3 is 24.2 Å². The Morgan fingerprint density at radius 3 is 1.77 bits per heavy atom. The number of piperazine rings is 1. The number of nitrogens with zero attached hydrogens (tertiary/aromatic N) is 5. The minimum atomic E-state index is -0.234. The number of likely N-dealkylation sites (N-methyl/N-ethyl adjacent to an activating group) is 1. The average molecular weight is 612 g/mol. The highest BCUT2D eigenvalue weighted by Gasteiger charge is 2.33. The molecule has 0 N–H and O–H groups in total. The smallest absolute Gasteiger partial charge is 0.327 e. The molecule has 3 saturated heterocycles. The Bertz CT molecular complexity index is 897. The number of amides is 5. The largest absolute Gasteiger partial charge is 0.377 e. The lowest BCUT2D eigenvalue weighted by Crippen LogP contribution is -2.58. The van der Waals surface area contributed by atoms with Gasteiger partial charge in [0.25, 0.3) is 0 Å². The van der Waals surface area contributed by atoms with Crippen LogP contribution >= 0.6 is 0 Å². The number of rotatable bonds is 10. The fourth-order valence-corrected chi connectivity index (χ4v) is 5.33. The van der Waals surface area contributed by atoms with Crippen molar-refractivity contribution < 1.29 is 28.7 Å². The number of hydrogen-bond donors (Lipinski definition) is 0. The number of carbonyl (C=O) groups is 4. The summed E-state index contributed by atoms with van der Waals surface area (Å²) in [5, 5.41) is 0. The predicted octanol–water partition coefficient (Wildman–Crippen LogP) is 3.72. The highest BCUT2D eigenvalue weighted by atomic mass is 16.5. The minimum absolute atomic E-state index is 0. The van der Waals surface area contributed by atoms with Gasteiger partial charge in [-0.25, -0.2) is 4.79 Å². The van der Waals surface area contributed by atoms with Gasteiger partial charge in [-0.1, -0.05) is 27.9 Å². The Kier molecular flexibility index (Phi) is 18.6. The first-order valence-electron chi connectivity index (χ1n) is 15.3. The van der Waals surface area contributed by atoms with Crippen LogP contribution in [0.15, 0.2) is 12.2 Å². The van der Waals surface area contributed by atoms with Crippen molar-refractivity contribution in [3.63, 3.8) is 0 Å². The third-order valence-corrected chi connectivity index (χ3v) is 6.96. The molecule has 43 heavy (non-hydrogen) atoms. The molecule has 3 aliphatic rings. The van der Waals surface area contributed by atoms with E-state index in [0.29, 0.717) is 57.3 Å². The molecule has 0 aromatic heterocycles. The number of ether oxygens (including phenoxy) is 2. The van der Waals surface area contributed by atoms with Crippen LogP contribution < -0.4 is 0 Å². The van der Waals surface area contributed by atoms with Crippen LogP contribution in [0.25, 0.3) is 0 Å². The Morgan fingerprint density at radius 2 is 1.40 bits per heavy atom. The van der Waals surface area contributed by atoms with E-state index < -0.39 is 0 Å². The third kappa shape index (κ3) is 14.7. The summed E-state index contributed by atoms with van der Waals surface area (Å²) in [5.41, 5.74) is 1.01. The van der Waals surface area contributed by atoms with Gasteiger partial charge in [-0.2, -0.15) is 0 Å². The third-order valence-electron chi connectivity index (χ3n) is 6.96. The normalized spacial score (nSPS) is 21.0. The standard InChI is InChI=1S/C12H24N2O.C10H17NO2.C9H16N2O3.CH4/c1-9(2)6-13-7-10(3)14(12(5)15)11(4)8-13;1-8(2)13-5-4-11-7-9(3)6-10(11)12;1-7(2)14-5-4-11-8(12)6-10(3)9(11)13;/h9-11H,6-8H2,1-5H3;8H,3-7H2,1-2H3;7H,4-6H2,1-3H3;1H4/t10-,11+;;;. The molecule has 11 nitrogen and oxygen atoms in total. The monoisotopic (exact) mass is 611 g/mol. The van der Waals surface area contributed by atoms with Crippen LogP contribution in [0.3, 0.4) is 0 Å². The van der Waals surface area contributed by atoms with Crippen molar-refractivity contribution in [2.24, 2.45) is 5.92 Å². The Labute approximate surface area is 261 Å². The maximum absolute atomic E-state index is 11.5. The first kappa shape index (κ1) is 40.5. The van der Waals surface area contributed by atoms with Gasteiger partial charge in [0.05, 0.1) is 32.0 Å². The van der Waals surface area contributed by atoms with Gasteiger partial charge in [-0.15, -0.1) is 0 Å². The lowest BCUT2D eigenvalue weighted by atomic mass is 10.1. The van der Waals surface area contributed by atoms with E-state index in [1.807, 2.05) is 32.6 Å². The molecule has 3 rings (SSSR count). The Balaban J connectivity index is 0.000000610. The van der Waals surface area contributed by atoms with Gasteiger partial charge in [0, 0.05) is 65.2 Å². The van der Waals surface area contributed by atoms with Crippen molar-refractivity contribution in [1.82, 2.24) is 24.5 Å². The van der Waals surface area contributed by atoms with Gasteiger partial charge >= 0.3 is 6.03 Å². The van der Waals surface area contributed by atoms with Crippen molar-refractivity contribution >= 4 is 23.8 Å². The molecule has 5 amide bonds. The molecule has 0 unspecified atom stereocenters. The zero-order valence-corrected chi connectivity index (χ0v) is 27.9. The van der Waals surface area contributed by atoms with E-state index in [4.69, 9.17) is 9.47 Å². The van der Waals surface area contributed by atoms with Crippen molar-refractivity contribution in [2.75, 3.05) is 66.1 Å². The number of imide groups is 1. The van der Waals surface area contributed by atoms with Crippen molar-refractivity contribution in [1.29, 1.82) is 0 Å². The van der Waals surface area contributed by atoms with Crippen LogP contribution in [0.1, 0.15) is 76.2 Å². The quantitative estimate of drug-likeness (QED) is 0.274. The SMILES string of the molecule is C.C=C1CC(=O)N(CCOC(C)C)C1.CC(=O)N1[C@H](C)CN(CC(C)C)C[C@@H]1C.CC(C)OCCN1C(=O)CN(C)C1=O. The van der Waals surface area contributed by atoms with E-state index >= 15 is 0 Å². The van der Waals surface area contributed by atoms with Crippen LogP contribution in [-0.2, 0) is 23.9 Å². The van der Waals surface area contributed by atoms with Crippen molar-refractivity contribution in [2.45, 2.75) is 100 Å². The summed E-state index contributed by atoms with van der Waals surface area (Å²) in [7, 11) is 1.61. The summed E-state index contributed by atoms with van der Waals surface area (Å²) in [5.74, 6) is 0.940. The topological polar surface area (TPSA) is 103 Å². The number of hydrogen-bond acceptors (Lipinski definition) is 7. The van der Waals surface area contributed by atoms with Crippen LogP contribution in [0.2, 0.25) is 0 Å². The first-order chi connectivity index (χ1) is 19.5. The second-order valence-corrected chi connectivity index (χ2v) is 12.5. The predicted molar refractivity (Wildman–Crippen MR) is 172 cm³/mol. The fourth-order valence-electron chi connectivity index (χ4n) is 5.33. The maximum Gasteiger partial charge on any atom is 0.327 e. The summed E-state index contributed by atoms with van der Waals surface area (Å²) in [6, 6.07) is 0.470. The molecule has 3 heterocycles. The van der Waals surface area contributed by atoms with E-state index in [0.717, 1.165) is 25.2 Å². The molecule has 2 atom stereocenters. The van der Waals surface area contributed by atoms with Crippen LogP contribution in [0, 0.1) is 5.92 Å². The van der Waals surface area contributed by atoms with E-state index in [1.54, 1.807) is 18.9 Å². The van der Waals surface area contributed by atoms with Crippen LogP contribution in [0.4, 0.5) is 4.79 Å². The molecule has 0 aromatic rings. The first-order valence-corrected chi connectivity index (χ1v) is 15.3. The molecule has 0 saturated carbocycles. The number of likely N-dealkylation sites (tertiary alicyclic amines) is 1. The summed E-state index contributed by atoms with van der Waals surface area (Å²) in [4.78, 5) is 54.3. The highest BCUT2D eigenvalue weighted by molar-refractivity contribution is 6.01. The highest BCUT2D eigenvalue weighted by Crippen LogP contribution is 2.17. The fraction of sp³-hybridized carbons (Fsp3) is 0.812. The molecular formula is C32H61N5O6. The lowest BCUT2D eigenvalue weighted by Gasteiger charge is -2.44. The summed E-state index contributed by atoms with van der Waals surface area (Å²) >= 11 is 0.